The van der Waals surface area contributed by atoms with Gasteiger partial charge < -0.3 is 4.74 Å². The van der Waals surface area contributed by atoms with E-state index < -0.39 is 0 Å². The first-order valence-corrected chi connectivity index (χ1v) is 5.95. The Bertz CT molecular complexity index is 530. The van der Waals surface area contributed by atoms with E-state index in [1.165, 1.54) is 0 Å². The van der Waals surface area contributed by atoms with Crippen molar-refractivity contribution < 1.29 is 4.74 Å². The van der Waals surface area contributed by atoms with Gasteiger partial charge in [0.15, 0.2) is 0 Å². The number of ether oxygens (including phenoxy) is 1. The summed E-state index contributed by atoms with van der Waals surface area (Å²) in [4.78, 5) is 4.04. The highest BCUT2D eigenvalue weighted by Gasteiger charge is 2.09. The molecule has 0 aliphatic carbocycles. The van der Waals surface area contributed by atoms with E-state index in [2.05, 4.69) is 27.6 Å². The van der Waals surface area contributed by atoms with Gasteiger partial charge in [0.05, 0.1) is 10.7 Å². The molecule has 0 aliphatic heterocycles. The standard InChI is InChI=1S/C10H6Cl2INO/c1-15-5-2-3-6-7(4-5)9(11)14-10(12)8(6)13/h2-4H,1H3. The van der Waals surface area contributed by atoms with Crippen molar-refractivity contribution >= 4 is 56.6 Å². The summed E-state index contributed by atoms with van der Waals surface area (Å²) in [7, 11) is 1.61. The van der Waals surface area contributed by atoms with E-state index in [-0.39, 0.29) is 0 Å². The summed E-state index contributed by atoms with van der Waals surface area (Å²) in [5, 5.41) is 2.67. The van der Waals surface area contributed by atoms with Crippen LogP contribution in [0.25, 0.3) is 10.8 Å². The Morgan fingerprint density at radius 3 is 2.60 bits per heavy atom. The second-order valence-corrected chi connectivity index (χ2v) is 4.71. The highest BCUT2D eigenvalue weighted by Crippen LogP contribution is 2.32. The maximum atomic E-state index is 6.01. The fourth-order valence-electron chi connectivity index (χ4n) is 1.32. The Hall–Kier alpha value is -0.260. The molecule has 5 heteroatoms. The van der Waals surface area contributed by atoms with Gasteiger partial charge in [-0.25, -0.2) is 4.98 Å². The molecule has 2 rings (SSSR count). The van der Waals surface area contributed by atoms with Gasteiger partial charge >= 0.3 is 0 Å². The monoisotopic (exact) mass is 353 g/mol. The van der Waals surface area contributed by atoms with Crippen LogP contribution in [0.5, 0.6) is 5.75 Å². The summed E-state index contributed by atoms with van der Waals surface area (Å²) >= 11 is 14.1. The molecular formula is C10H6Cl2INO. The average molecular weight is 354 g/mol. The third-order valence-electron chi connectivity index (χ3n) is 2.06. The number of nitrogens with zero attached hydrogens (tertiary/aromatic N) is 1. The number of pyridine rings is 1. The number of hydrogen-bond donors (Lipinski definition) is 0. The van der Waals surface area contributed by atoms with Gasteiger partial charge in [0, 0.05) is 10.8 Å². The van der Waals surface area contributed by atoms with Crippen LogP contribution in [-0.2, 0) is 0 Å². The predicted molar refractivity (Wildman–Crippen MR) is 71.0 cm³/mol. The van der Waals surface area contributed by atoms with Gasteiger partial charge in [0.25, 0.3) is 0 Å². The number of fused-ring (bicyclic) bond motifs is 1. The Kier molecular flexibility index (Phi) is 3.23. The molecular weight excluding hydrogens is 348 g/mol. The SMILES string of the molecule is COc1ccc2c(I)c(Cl)nc(Cl)c2c1. The Labute approximate surface area is 111 Å². The zero-order valence-electron chi connectivity index (χ0n) is 7.72. The summed E-state index contributed by atoms with van der Waals surface area (Å²) in [6, 6.07) is 5.65. The molecule has 0 bridgehead atoms. The topological polar surface area (TPSA) is 22.1 Å². The minimum atomic E-state index is 0.398. The first kappa shape index (κ1) is 11.2. The van der Waals surface area contributed by atoms with E-state index in [9.17, 15) is 0 Å². The van der Waals surface area contributed by atoms with Crippen LogP contribution in [0.1, 0.15) is 0 Å². The average Bonchev–Trinajstić information content (AvgIpc) is 2.25. The molecule has 0 fully saturated rings. The number of rotatable bonds is 1. The number of benzene rings is 1. The molecule has 0 saturated carbocycles. The zero-order valence-corrected chi connectivity index (χ0v) is 11.4. The van der Waals surface area contributed by atoms with Crippen molar-refractivity contribution in [2.45, 2.75) is 0 Å². The van der Waals surface area contributed by atoms with E-state index in [1.54, 1.807) is 7.11 Å². The molecule has 0 spiro atoms. The van der Waals surface area contributed by atoms with Gasteiger partial charge in [-0.1, -0.05) is 23.2 Å². The fraction of sp³-hybridized carbons (Fsp3) is 0.100. The molecule has 1 aromatic heterocycles. The highest BCUT2D eigenvalue weighted by molar-refractivity contribution is 14.1. The molecule has 0 saturated heterocycles. The number of hydrogen-bond acceptors (Lipinski definition) is 2. The van der Waals surface area contributed by atoms with Crippen molar-refractivity contribution in [3.8, 4) is 5.75 Å². The molecule has 1 heterocycles. The molecule has 78 valence electrons. The molecule has 15 heavy (non-hydrogen) atoms. The molecule has 0 N–H and O–H groups in total. The number of aromatic nitrogens is 1. The summed E-state index contributed by atoms with van der Waals surface area (Å²) in [6.45, 7) is 0. The van der Waals surface area contributed by atoms with Gasteiger partial charge in [-0.3, -0.25) is 0 Å². The molecule has 0 aliphatic rings. The van der Waals surface area contributed by atoms with E-state index in [1.807, 2.05) is 18.2 Å². The van der Waals surface area contributed by atoms with Crippen LogP contribution in [0.4, 0.5) is 0 Å². The van der Waals surface area contributed by atoms with Crippen LogP contribution < -0.4 is 4.74 Å². The summed E-state index contributed by atoms with van der Waals surface area (Å²) < 4.78 is 6.02. The lowest BCUT2D eigenvalue weighted by Crippen LogP contribution is -1.88. The second-order valence-electron chi connectivity index (χ2n) is 2.92. The minimum Gasteiger partial charge on any atom is -0.497 e. The zero-order chi connectivity index (χ0) is 11.0. The van der Waals surface area contributed by atoms with Crippen LogP contribution in [0, 0.1) is 3.57 Å². The molecule has 1 aromatic carbocycles. The third-order valence-corrected chi connectivity index (χ3v) is 4.04. The molecule has 0 radical (unpaired) electrons. The Morgan fingerprint density at radius 2 is 1.93 bits per heavy atom. The van der Waals surface area contributed by atoms with Crippen LogP contribution in [0.2, 0.25) is 10.3 Å². The number of halogens is 3. The first-order chi connectivity index (χ1) is 7.13. The third kappa shape index (κ3) is 2.00. The molecule has 0 amide bonds. The lowest BCUT2D eigenvalue weighted by molar-refractivity contribution is 0.415. The Balaban J connectivity index is 2.84. The maximum Gasteiger partial charge on any atom is 0.144 e. The van der Waals surface area contributed by atoms with Gasteiger partial charge in [0.2, 0.25) is 0 Å². The highest BCUT2D eigenvalue weighted by atomic mass is 127. The van der Waals surface area contributed by atoms with E-state index >= 15 is 0 Å². The van der Waals surface area contributed by atoms with Crippen LogP contribution in [0.15, 0.2) is 18.2 Å². The van der Waals surface area contributed by atoms with E-state index in [0.717, 1.165) is 20.1 Å². The van der Waals surface area contributed by atoms with Gasteiger partial charge in [0.1, 0.15) is 16.1 Å². The molecule has 0 atom stereocenters. The van der Waals surface area contributed by atoms with Crippen LogP contribution in [0.3, 0.4) is 0 Å². The smallest absolute Gasteiger partial charge is 0.144 e. The fourth-order valence-corrected chi connectivity index (χ4v) is 2.38. The summed E-state index contributed by atoms with van der Waals surface area (Å²) in [6.07, 6.45) is 0. The van der Waals surface area contributed by atoms with Crippen molar-refractivity contribution in [2.75, 3.05) is 7.11 Å². The van der Waals surface area contributed by atoms with Gasteiger partial charge in [-0.2, -0.15) is 0 Å². The second kappa shape index (κ2) is 4.31. The van der Waals surface area contributed by atoms with Crippen molar-refractivity contribution in [3.05, 3.63) is 32.1 Å². The van der Waals surface area contributed by atoms with E-state index in [4.69, 9.17) is 27.9 Å². The van der Waals surface area contributed by atoms with Crippen LogP contribution in [-0.4, -0.2) is 12.1 Å². The lowest BCUT2D eigenvalue weighted by atomic mass is 10.2. The van der Waals surface area contributed by atoms with Crippen molar-refractivity contribution in [2.24, 2.45) is 0 Å². The van der Waals surface area contributed by atoms with Crippen LogP contribution >= 0.6 is 45.8 Å². The maximum absolute atomic E-state index is 6.01. The normalized spacial score (nSPS) is 10.7. The van der Waals surface area contributed by atoms with Gasteiger partial charge in [-0.05, 0) is 40.8 Å². The molecule has 0 unspecified atom stereocenters. The lowest BCUT2D eigenvalue weighted by Gasteiger charge is -2.06. The van der Waals surface area contributed by atoms with Crippen molar-refractivity contribution in [1.82, 2.24) is 4.98 Å². The number of methoxy groups -OCH3 is 1. The van der Waals surface area contributed by atoms with Gasteiger partial charge in [-0.15, -0.1) is 0 Å². The molecule has 2 nitrogen and oxygen atoms in total. The predicted octanol–water partition coefficient (Wildman–Crippen LogP) is 4.15. The molecule has 2 aromatic rings. The van der Waals surface area contributed by atoms with Crippen molar-refractivity contribution in [1.29, 1.82) is 0 Å². The van der Waals surface area contributed by atoms with Crippen molar-refractivity contribution in [3.63, 3.8) is 0 Å². The quantitative estimate of drug-likeness (QED) is 0.567. The largest absolute Gasteiger partial charge is 0.497 e. The summed E-state index contributed by atoms with van der Waals surface area (Å²) in [5.74, 6) is 0.754. The Morgan fingerprint density at radius 1 is 1.20 bits per heavy atom. The van der Waals surface area contributed by atoms with E-state index in [0.29, 0.717) is 10.3 Å². The minimum absolute atomic E-state index is 0.398. The first-order valence-electron chi connectivity index (χ1n) is 4.11. The summed E-state index contributed by atoms with van der Waals surface area (Å²) in [5.41, 5.74) is 0.